The van der Waals surface area contributed by atoms with Gasteiger partial charge in [-0.2, -0.15) is 5.10 Å². The first-order valence-corrected chi connectivity index (χ1v) is 13.0. The molecule has 0 saturated heterocycles. The van der Waals surface area contributed by atoms with Crippen LogP contribution in [0, 0.1) is 40.9 Å². The second-order valence-electron chi connectivity index (χ2n) is 11.9. The lowest BCUT2D eigenvalue weighted by molar-refractivity contribution is -0.134. The van der Waals surface area contributed by atoms with Gasteiger partial charge in [-0.15, -0.1) is 0 Å². The van der Waals surface area contributed by atoms with Crippen molar-refractivity contribution in [1.29, 1.82) is 0 Å². The largest absolute Gasteiger partial charge is 0.387 e. The molecule has 4 fully saturated rings. The van der Waals surface area contributed by atoms with Gasteiger partial charge in [-0.05, 0) is 105 Å². The first-order valence-electron chi connectivity index (χ1n) is 13.0. The van der Waals surface area contributed by atoms with E-state index in [0.717, 1.165) is 43.1 Å². The summed E-state index contributed by atoms with van der Waals surface area (Å²) in [6.45, 7) is 2.13. The highest BCUT2D eigenvalue weighted by Crippen LogP contribution is 2.64. The number of halogens is 1. The Balaban J connectivity index is 1.19. The summed E-state index contributed by atoms with van der Waals surface area (Å²) in [4.78, 5) is 17.9. The fourth-order valence-corrected chi connectivity index (χ4v) is 8.91. The maximum absolute atomic E-state index is 13.6. The van der Waals surface area contributed by atoms with E-state index in [1.54, 1.807) is 12.4 Å². The summed E-state index contributed by atoms with van der Waals surface area (Å²) < 4.78 is 15.3. The third-order valence-corrected chi connectivity index (χ3v) is 10.5. The summed E-state index contributed by atoms with van der Waals surface area (Å²) in [6.07, 6.45) is 12.5. The Morgan fingerprint density at radius 3 is 2.85 bits per heavy atom. The molecule has 1 N–H and O–H groups in total. The predicted molar refractivity (Wildman–Crippen MR) is 124 cm³/mol. The number of nitrogens with zero attached hydrogens (tertiary/aromatic N) is 3. The summed E-state index contributed by atoms with van der Waals surface area (Å²) in [5.41, 5.74) is 0.776. The molecule has 0 spiro atoms. The normalized spacial score (nSPS) is 42.5. The van der Waals surface area contributed by atoms with Crippen LogP contribution in [0.15, 0.2) is 24.5 Å². The average Bonchev–Trinajstić information content (AvgIpc) is 3.39. The van der Waals surface area contributed by atoms with Gasteiger partial charge >= 0.3 is 0 Å². The van der Waals surface area contributed by atoms with Crippen LogP contribution in [0.5, 0.6) is 0 Å². The molecule has 0 radical (unpaired) electrons. The second-order valence-corrected chi connectivity index (χ2v) is 11.9. The quantitative estimate of drug-likeness (QED) is 0.710. The van der Waals surface area contributed by atoms with E-state index in [-0.39, 0.29) is 11.3 Å². The summed E-state index contributed by atoms with van der Waals surface area (Å²) in [5, 5.41) is 15.0. The van der Waals surface area contributed by atoms with Gasteiger partial charge in [-0.3, -0.25) is 14.5 Å². The fraction of sp³-hybridized carbons (Fsp3) is 0.741. The average molecular weight is 454 g/mol. The van der Waals surface area contributed by atoms with E-state index in [4.69, 9.17) is 0 Å². The number of rotatable bonds is 4. The number of pyridine rings is 1. The van der Waals surface area contributed by atoms with Crippen molar-refractivity contribution in [2.45, 2.75) is 76.9 Å². The minimum absolute atomic E-state index is 0.0840. The van der Waals surface area contributed by atoms with Gasteiger partial charge in [-0.1, -0.05) is 6.92 Å². The molecular formula is C27H36FN3O2. The maximum Gasteiger partial charge on any atom is 0.157 e. The van der Waals surface area contributed by atoms with Crippen molar-refractivity contribution in [1.82, 2.24) is 14.8 Å². The van der Waals surface area contributed by atoms with Crippen LogP contribution in [-0.4, -0.2) is 37.9 Å². The number of Topliss-reactive ketones (excluding diaryl/α,β-unsaturated/α-hetero) is 1. The topological polar surface area (TPSA) is 68.0 Å². The van der Waals surface area contributed by atoms with Gasteiger partial charge in [0.25, 0.3) is 0 Å². The first-order chi connectivity index (χ1) is 15.9. The number of hydrogen-bond acceptors (Lipinski definition) is 4. The van der Waals surface area contributed by atoms with Gasteiger partial charge in [0.15, 0.2) is 5.78 Å². The zero-order valence-corrected chi connectivity index (χ0v) is 19.6. The molecule has 6 rings (SSSR count). The third kappa shape index (κ3) is 3.38. The zero-order valence-electron chi connectivity index (χ0n) is 19.6. The Kier molecular flexibility index (Phi) is 5.17. The number of aliphatic hydroxyl groups is 1. The van der Waals surface area contributed by atoms with Crippen LogP contribution >= 0.6 is 0 Å². The lowest BCUT2D eigenvalue weighted by Crippen LogP contribution is -2.52. The molecule has 4 aliphatic rings. The molecule has 33 heavy (non-hydrogen) atoms. The minimum atomic E-state index is -1.08. The Morgan fingerprint density at radius 2 is 2.00 bits per heavy atom. The highest BCUT2D eigenvalue weighted by molar-refractivity contribution is 5.84. The molecule has 2 heterocycles. The van der Waals surface area contributed by atoms with E-state index in [0.29, 0.717) is 54.8 Å². The highest BCUT2D eigenvalue weighted by atomic mass is 19.1. The van der Waals surface area contributed by atoms with E-state index in [9.17, 15) is 14.3 Å². The van der Waals surface area contributed by atoms with E-state index in [1.807, 2.05) is 16.8 Å². The monoisotopic (exact) mass is 453 g/mol. The zero-order chi connectivity index (χ0) is 22.8. The van der Waals surface area contributed by atoms with Crippen molar-refractivity contribution in [2.75, 3.05) is 6.67 Å². The molecule has 0 amide bonds. The molecule has 0 aromatic carbocycles. The van der Waals surface area contributed by atoms with Crippen molar-refractivity contribution in [2.24, 2.45) is 40.9 Å². The number of carbonyl (C=O) groups is 1. The lowest BCUT2D eigenvalue weighted by Gasteiger charge is -2.56. The smallest absolute Gasteiger partial charge is 0.157 e. The van der Waals surface area contributed by atoms with Gasteiger partial charge in [0.2, 0.25) is 0 Å². The molecule has 2 aromatic rings. The number of alkyl halides is 1. The summed E-state index contributed by atoms with van der Waals surface area (Å²) >= 11 is 0. The van der Waals surface area contributed by atoms with Crippen LogP contribution in [0.2, 0.25) is 0 Å². The molecule has 0 aliphatic heterocycles. The van der Waals surface area contributed by atoms with Crippen LogP contribution in [0.3, 0.4) is 0 Å². The lowest BCUT2D eigenvalue weighted by atomic mass is 9.49. The van der Waals surface area contributed by atoms with Crippen molar-refractivity contribution in [3.63, 3.8) is 0 Å². The van der Waals surface area contributed by atoms with E-state index < -0.39 is 12.3 Å². The molecule has 0 bridgehead atoms. The SMILES string of the molecule is C[C@]12CC[C@H]3[C@@H](CC[C@@H]4C[C@@](O)(CF)CC[C@@H]43)[C@@H]1CC[C@@H]2C(=O)Cn1ncc2ncccc21. The van der Waals surface area contributed by atoms with Crippen molar-refractivity contribution in [3.8, 4) is 0 Å². The molecule has 4 saturated carbocycles. The molecule has 4 aliphatic carbocycles. The Labute approximate surface area is 195 Å². The molecule has 178 valence electrons. The van der Waals surface area contributed by atoms with Gasteiger partial charge in [0.05, 0.1) is 17.3 Å². The maximum atomic E-state index is 13.6. The van der Waals surface area contributed by atoms with Crippen molar-refractivity contribution >= 4 is 16.8 Å². The van der Waals surface area contributed by atoms with Crippen LogP contribution in [0.1, 0.15) is 64.7 Å². The second kappa shape index (κ2) is 7.86. The Hall–Kier alpha value is -1.82. The minimum Gasteiger partial charge on any atom is -0.387 e. The number of hydrogen-bond donors (Lipinski definition) is 1. The molecule has 5 nitrogen and oxygen atoms in total. The van der Waals surface area contributed by atoms with Gasteiger partial charge in [0, 0.05) is 12.1 Å². The van der Waals surface area contributed by atoms with Crippen LogP contribution in [0.25, 0.3) is 11.0 Å². The first kappa shape index (κ1) is 21.7. The van der Waals surface area contributed by atoms with E-state index in [2.05, 4.69) is 17.0 Å². The molecule has 8 atom stereocenters. The van der Waals surface area contributed by atoms with Crippen LogP contribution < -0.4 is 0 Å². The summed E-state index contributed by atoms with van der Waals surface area (Å²) in [7, 11) is 0. The van der Waals surface area contributed by atoms with E-state index in [1.165, 1.54) is 12.8 Å². The number of fused-ring (bicyclic) bond motifs is 6. The number of aromatic nitrogens is 3. The number of carbonyl (C=O) groups excluding carboxylic acids is 1. The number of ketones is 1. The van der Waals surface area contributed by atoms with E-state index >= 15 is 0 Å². The molecule has 2 aromatic heterocycles. The fourth-order valence-electron chi connectivity index (χ4n) is 8.91. The van der Waals surface area contributed by atoms with Crippen LogP contribution in [0.4, 0.5) is 4.39 Å². The molecule has 0 unspecified atom stereocenters. The Morgan fingerprint density at radius 1 is 1.15 bits per heavy atom. The Bertz CT molecular complexity index is 1050. The summed E-state index contributed by atoms with van der Waals surface area (Å²) in [6, 6.07) is 3.88. The van der Waals surface area contributed by atoms with Crippen molar-refractivity contribution < 1.29 is 14.3 Å². The van der Waals surface area contributed by atoms with Crippen LogP contribution in [-0.2, 0) is 11.3 Å². The third-order valence-electron chi connectivity index (χ3n) is 10.5. The molecular weight excluding hydrogens is 417 g/mol. The highest BCUT2D eigenvalue weighted by Gasteiger charge is 2.59. The van der Waals surface area contributed by atoms with Gasteiger partial charge < -0.3 is 5.11 Å². The summed E-state index contributed by atoms with van der Waals surface area (Å²) in [5.74, 6) is 3.55. The van der Waals surface area contributed by atoms with Crippen molar-refractivity contribution in [3.05, 3.63) is 24.5 Å². The van der Waals surface area contributed by atoms with Gasteiger partial charge in [0.1, 0.15) is 18.7 Å². The standard InChI is InChI=1S/C27H36FN3O2/c1-26-10-8-19-18-9-11-27(33,16-28)13-17(18)4-5-20(19)21(26)6-7-22(26)25(32)15-31-24-3-2-12-29-23(24)14-30-31/h2-3,12,14,17-22,33H,4-11,13,15-16H2,1H3/t17-,18+,19-,20-,21+,22-,26+,27-/m1/s1. The van der Waals surface area contributed by atoms with Gasteiger partial charge in [-0.25, -0.2) is 4.39 Å². The molecule has 6 heteroatoms. The predicted octanol–water partition coefficient (Wildman–Crippen LogP) is 4.97.